The van der Waals surface area contributed by atoms with Crippen LogP contribution in [0.25, 0.3) is 0 Å². The highest BCUT2D eigenvalue weighted by Gasteiger charge is 2.23. The maximum atomic E-state index is 3.75. The molecule has 19 heavy (non-hydrogen) atoms. The van der Waals surface area contributed by atoms with E-state index >= 15 is 0 Å². The summed E-state index contributed by atoms with van der Waals surface area (Å²) in [6.07, 6.45) is 0. The monoisotopic (exact) mass is 269 g/mol. The molecule has 98 valence electrons. The number of thioether (sulfide) groups is 1. The van der Waals surface area contributed by atoms with Crippen LogP contribution in [-0.4, -0.2) is 5.75 Å². The molecule has 2 aromatic rings. The van der Waals surface area contributed by atoms with Gasteiger partial charge in [0, 0.05) is 22.7 Å². The van der Waals surface area contributed by atoms with Gasteiger partial charge < -0.3 is 5.32 Å². The normalized spacial score (nSPS) is 19.2. The maximum Gasteiger partial charge on any atom is 0.0431 e. The summed E-state index contributed by atoms with van der Waals surface area (Å²) in [5, 5.41) is 3.75. The van der Waals surface area contributed by atoms with Gasteiger partial charge in [-0.15, -0.1) is 11.8 Å². The fourth-order valence-electron chi connectivity index (χ4n) is 2.55. The van der Waals surface area contributed by atoms with Crippen molar-refractivity contribution < 1.29 is 0 Å². The minimum atomic E-state index is 0.386. The summed E-state index contributed by atoms with van der Waals surface area (Å²) in [6, 6.07) is 18.4. The lowest BCUT2D eigenvalue weighted by Crippen LogP contribution is -2.24. The molecule has 0 spiro atoms. The number of nitrogens with one attached hydrogen (secondary N) is 1. The molecule has 3 rings (SSSR count). The molecule has 0 bridgehead atoms. The molecule has 2 atom stereocenters. The summed E-state index contributed by atoms with van der Waals surface area (Å²) >= 11 is 1.95. The van der Waals surface area contributed by atoms with Gasteiger partial charge in [0.25, 0.3) is 0 Å². The Bertz CT molecular complexity index is 562. The van der Waals surface area contributed by atoms with Crippen molar-refractivity contribution >= 4 is 11.8 Å². The zero-order valence-electron chi connectivity index (χ0n) is 11.4. The second-order valence-electron chi connectivity index (χ2n) is 5.20. The van der Waals surface area contributed by atoms with E-state index in [2.05, 4.69) is 67.7 Å². The van der Waals surface area contributed by atoms with Crippen molar-refractivity contribution in [3.05, 3.63) is 65.2 Å². The number of benzene rings is 2. The fourth-order valence-corrected chi connectivity index (χ4v) is 3.73. The Morgan fingerprint density at radius 2 is 1.84 bits per heavy atom. The molecule has 0 aliphatic carbocycles. The summed E-state index contributed by atoms with van der Waals surface area (Å²) in [5.41, 5.74) is 4.13. The van der Waals surface area contributed by atoms with E-state index in [0.29, 0.717) is 12.1 Å². The Balaban J connectivity index is 1.74. The molecule has 1 heterocycles. The average Bonchev–Trinajstić information content (AvgIpc) is 2.83. The number of rotatable bonds is 3. The van der Waals surface area contributed by atoms with E-state index in [4.69, 9.17) is 0 Å². The third kappa shape index (κ3) is 2.70. The van der Waals surface area contributed by atoms with Crippen LogP contribution in [0.4, 0.5) is 0 Å². The molecule has 0 fully saturated rings. The predicted molar refractivity (Wildman–Crippen MR) is 82.6 cm³/mol. The smallest absolute Gasteiger partial charge is 0.0431 e. The lowest BCUT2D eigenvalue weighted by molar-refractivity contribution is 0.501. The van der Waals surface area contributed by atoms with Crippen LogP contribution in [0.15, 0.2) is 53.4 Å². The first-order valence-electron chi connectivity index (χ1n) is 6.78. The Labute approximate surface area is 119 Å². The van der Waals surface area contributed by atoms with E-state index in [-0.39, 0.29) is 0 Å². The van der Waals surface area contributed by atoms with E-state index in [9.17, 15) is 0 Å². The second kappa shape index (κ2) is 5.40. The van der Waals surface area contributed by atoms with E-state index in [1.54, 1.807) is 0 Å². The van der Waals surface area contributed by atoms with Crippen LogP contribution < -0.4 is 5.32 Å². The van der Waals surface area contributed by atoms with Crippen molar-refractivity contribution in [2.75, 3.05) is 5.75 Å². The van der Waals surface area contributed by atoms with Gasteiger partial charge in [-0.25, -0.2) is 0 Å². The summed E-state index contributed by atoms with van der Waals surface area (Å²) in [4.78, 5) is 1.43. The molecular formula is C17H19NS. The van der Waals surface area contributed by atoms with Crippen LogP contribution in [0, 0.1) is 6.92 Å². The van der Waals surface area contributed by atoms with E-state index in [1.807, 2.05) is 11.8 Å². The highest BCUT2D eigenvalue weighted by Crippen LogP contribution is 2.38. The zero-order chi connectivity index (χ0) is 13.2. The first kappa shape index (κ1) is 12.8. The van der Waals surface area contributed by atoms with Crippen LogP contribution in [-0.2, 0) is 0 Å². The number of aryl methyl sites for hydroxylation is 1. The molecule has 0 radical (unpaired) electrons. The SMILES string of the molecule is Cc1ccc([C@@H](C)NC2CSc3ccccc32)cc1. The van der Waals surface area contributed by atoms with Gasteiger partial charge in [-0.1, -0.05) is 48.0 Å². The Morgan fingerprint density at radius 3 is 2.63 bits per heavy atom. The van der Waals surface area contributed by atoms with Crippen LogP contribution in [0.5, 0.6) is 0 Å². The van der Waals surface area contributed by atoms with Crippen molar-refractivity contribution in [3.8, 4) is 0 Å². The van der Waals surface area contributed by atoms with Gasteiger partial charge in [0.1, 0.15) is 0 Å². The first-order valence-corrected chi connectivity index (χ1v) is 7.77. The Morgan fingerprint density at radius 1 is 1.11 bits per heavy atom. The molecule has 1 N–H and O–H groups in total. The lowest BCUT2D eigenvalue weighted by atomic mass is 10.0. The Kier molecular flexibility index (Phi) is 3.63. The van der Waals surface area contributed by atoms with Gasteiger partial charge in [-0.3, -0.25) is 0 Å². The minimum Gasteiger partial charge on any atom is -0.303 e. The molecular weight excluding hydrogens is 250 g/mol. The molecule has 2 heteroatoms. The van der Waals surface area contributed by atoms with Crippen molar-refractivity contribution in [2.45, 2.75) is 30.8 Å². The van der Waals surface area contributed by atoms with Gasteiger partial charge in [-0.05, 0) is 31.0 Å². The van der Waals surface area contributed by atoms with Gasteiger partial charge >= 0.3 is 0 Å². The van der Waals surface area contributed by atoms with Crippen molar-refractivity contribution in [3.63, 3.8) is 0 Å². The van der Waals surface area contributed by atoms with E-state index < -0.39 is 0 Å². The maximum absolute atomic E-state index is 3.75. The van der Waals surface area contributed by atoms with E-state index in [0.717, 1.165) is 5.75 Å². The summed E-state index contributed by atoms with van der Waals surface area (Å²) in [7, 11) is 0. The largest absolute Gasteiger partial charge is 0.303 e. The molecule has 2 aromatic carbocycles. The summed E-state index contributed by atoms with van der Waals surface area (Å²) in [6.45, 7) is 4.38. The standard InChI is InChI=1S/C17H19NS/c1-12-7-9-14(10-8-12)13(2)18-16-11-19-17-6-4-3-5-15(16)17/h3-10,13,16,18H,11H2,1-2H3/t13-,16?/m1/s1. The average molecular weight is 269 g/mol. The molecule has 1 aliphatic rings. The van der Waals surface area contributed by atoms with Gasteiger partial charge in [0.2, 0.25) is 0 Å². The molecule has 1 unspecified atom stereocenters. The van der Waals surface area contributed by atoms with Crippen LogP contribution in [0.3, 0.4) is 0 Å². The van der Waals surface area contributed by atoms with Gasteiger partial charge in [0.15, 0.2) is 0 Å². The Hall–Kier alpha value is -1.25. The summed E-state index contributed by atoms with van der Waals surface area (Å²) in [5.74, 6) is 1.13. The minimum absolute atomic E-state index is 0.386. The molecule has 1 aliphatic heterocycles. The third-order valence-electron chi connectivity index (χ3n) is 3.73. The fraction of sp³-hybridized carbons (Fsp3) is 0.294. The predicted octanol–water partition coefficient (Wildman–Crippen LogP) is 4.49. The van der Waals surface area contributed by atoms with E-state index in [1.165, 1.54) is 21.6 Å². The number of hydrogen-bond acceptors (Lipinski definition) is 2. The van der Waals surface area contributed by atoms with Crippen LogP contribution in [0.1, 0.15) is 35.7 Å². The molecule has 0 saturated carbocycles. The van der Waals surface area contributed by atoms with Crippen LogP contribution >= 0.6 is 11.8 Å². The second-order valence-corrected chi connectivity index (χ2v) is 6.26. The summed E-state index contributed by atoms with van der Waals surface area (Å²) < 4.78 is 0. The quantitative estimate of drug-likeness (QED) is 0.881. The molecule has 0 saturated heterocycles. The first-order chi connectivity index (χ1) is 9.24. The topological polar surface area (TPSA) is 12.0 Å². The zero-order valence-corrected chi connectivity index (χ0v) is 12.2. The van der Waals surface area contributed by atoms with Gasteiger partial charge in [0.05, 0.1) is 0 Å². The van der Waals surface area contributed by atoms with Crippen molar-refractivity contribution in [1.29, 1.82) is 0 Å². The highest BCUT2D eigenvalue weighted by molar-refractivity contribution is 7.99. The van der Waals surface area contributed by atoms with Crippen molar-refractivity contribution in [2.24, 2.45) is 0 Å². The highest BCUT2D eigenvalue weighted by atomic mass is 32.2. The van der Waals surface area contributed by atoms with Crippen LogP contribution in [0.2, 0.25) is 0 Å². The molecule has 0 amide bonds. The number of fused-ring (bicyclic) bond motifs is 1. The molecule has 0 aromatic heterocycles. The third-order valence-corrected chi connectivity index (χ3v) is 4.91. The van der Waals surface area contributed by atoms with Gasteiger partial charge in [-0.2, -0.15) is 0 Å². The number of hydrogen-bond donors (Lipinski definition) is 1. The van der Waals surface area contributed by atoms with Crippen molar-refractivity contribution in [1.82, 2.24) is 5.32 Å². The molecule has 1 nitrogen and oxygen atoms in total. The lowest BCUT2D eigenvalue weighted by Gasteiger charge is -2.20.